The summed E-state index contributed by atoms with van der Waals surface area (Å²) in [7, 11) is 0. The molecule has 0 amide bonds. The van der Waals surface area contributed by atoms with E-state index in [2.05, 4.69) is 0 Å². The van der Waals surface area contributed by atoms with Gasteiger partial charge in [0, 0.05) is 4.88 Å². The maximum atomic E-state index is 11.8. The van der Waals surface area contributed by atoms with Gasteiger partial charge >= 0.3 is 5.97 Å². The van der Waals surface area contributed by atoms with Gasteiger partial charge in [-0.3, -0.25) is 0 Å². The van der Waals surface area contributed by atoms with Gasteiger partial charge in [-0.25, -0.2) is 4.79 Å². The van der Waals surface area contributed by atoms with Gasteiger partial charge in [0.05, 0.1) is 5.56 Å². The zero-order chi connectivity index (χ0) is 10.7. The fraction of sp³-hybridized carbons (Fsp3) is 0.583. The van der Waals surface area contributed by atoms with E-state index in [1.165, 1.54) is 19.3 Å². The maximum Gasteiger partial charge on any atom is 0.339 e. The molecular formula is C12H16O2S. The van der Waals surface area contributed by atoms with Crippen LogP contribution in [-0.2, 0) is 4.74 Å². The van der Waals surface area contributed by atoms with Crippen LogP contribution in [0.5, 0.6) is 0 Å². The molecule has 2 rings (SSSR count). The van der Waals surface area contributed by atoms with Gasteiger partial charge in [-0.15, -0.1) is 11.3 Å². The quantitative estimate of drug-likeness (QED) is 0.718. The first kappa shape index (κ1) is 10.7. The largest absolute Gasteiger partial charge is 0.459 e. The second-order valence-corrected chi connectivity index (χ2v) is 5.18. The van der Waals surface area contributed by atoms with E-state index in [0.717, 1.165) is 23.3 Å². The molecule has 0 bridgehead atoms. The molecule has 0 aliphatic heterocycles. The van der Waals surface area contributed by atoms with Crippen molar-refractivity contribution in [2.45, 2.75) is 45.1 Å². The van der Waals surface area contributed by atoms with Crippen LogP contribution in [0, 0.1) is 6.92 Å². The van der Waals surface area contributed by atoms with Crippen LogP contribution in [0.15, 0.2) is 11.4 Å². The second kappa shape index (κ2) is 4.79. The van der Waals surface area contributed by atoms with Gasteiger partial charge in [0.1, 0.15) is 6.10 Å². The number of hydrogen-bond acceptors (Lipinski definition) is 3. The lowest BCUT2D eigenvalue weighted by Gasteiger charge is -2.21. The summed E-state index contributed by atoms with van der Waals surface area (Å²) < 4.78 is 5.48. The molecule has 1 saturated carbocycles. The van der Waals surface area contributed by atoms with Crippen LogP contribution in [0.3, 0.4) is 0 Å². The zero-order valence-electron chi connectivity index (χ0n) is 8.99. The minimum atomic E-state index is -0.138. The van der Waals surface area contributed by atoms with E-state index in [-0.39, 0.29) is 12.1 Å². The Labute approximate surface area is 94.3 Å². The Bertz CT molecular complexity index is 337. The number of carbonyl (C=O) groups excluding carboxylic acids is 1. The van der Waals surface area contributed by atoms with Crippen molar-refractivity contribution in [1.29, 1.82) is 0 Å². The van der Waals surface area contributed by atoms with Crippen LogP contribution < -0.4 is 0 Å². The van der Waals surface area contributed by atoms with E-state index in [1.807, 2.05) is 18.4 Å². The van der Waals surface area contributed by atoms with Crippen LogP contribution in [0.2, 0.25) is 0 Å². The monoisotopic (exact) mass is 224 g/mol. The van der Waals surface area contributed by atoms with Gasteiger partial charge in [0.15, 0.2) is 0 Å². The standard InChI is InChI=1S/C12H16O2S/c1-9-11(7-8-15-9)12(13)14-10-5-3-2-4-6-10/h7-8,10H,2-6H2,1H3. The number of hydrogen-bond donors (Lipinski definition) is 0. The summed E-state index contributed by atoms with van der Waals surface area (Å²) >= 11 is 1.59. The predicted octanol–water partition coefficient (Wildman–Crippen LogP) is 3.55. The summed E-state index contributed by atoms with van der Waals surface area (Å²) in [5.74, 6) is -0.138. The summed E-state index contributed by atoms with van der Waals surface area (Å²) in [6.45, 7) is 1.96. The minimum absolute atomic E-state index is 0.138. The molecule has 0 spiro atoms. The van der Waals surface area contributed by atoms with Crippen molar-refractivity contribution in [3.63, 3.8) is 0 Å². The predicted molar refractivity (Wildman–Crippen MR) is 61.3 cm³/mol. The second-order valence-electron chi connectivity index (χ2n) is 4.06. The Morgan fingerprint density at radius 2 is 2.13 bits per heavy atom. The average molecular weight is 224 g/mol. The third-order valence-corrected chi connectivity index (χ3v) is 3.75. The minimum Gasteiger partial charge on any atom is -0.459 e. The number of rotatable bonds is 2. The van der Waals surface area contributed by atoms with E-state index in [9.17, 15) is 4.79 Å². The van der Waals surface area contributed by atoms with Crippen LogP contribution in [0.4, 0.5) is 0 Å². The van der Waals surface area contributed by atoms with Gasteiger partial charge in [0.25, 0.3) is 0 Å². The molecular weight excluding hydrogens is 208 g/mol. The molecule has 3 heteroatoms. The highest BCUT2D eigenvalue weighted by atomic mass is 32.1. The van der Waals surface area contributed by atoms with Crippen LogP contribution in [-0.4, -0.2) is 12.1 Å². The number of aryl methyl sites for hydroxylation is 1. The molecule has 0 aromatic carbocycles. The Balaban J connectivity index is 1.94. The molecule has 1 aliphatic carbocycles. The molecule has 1 aliphatic rings. The van der Waals surface area contributed by atoms with Gasteiger partial charge in [-0.05, 0) is 44.1 Å². The molecule has 1 fully saturated rings. The molecule has 1 aromatic rings. The van der Waals surface area contributed by atoms with E-state index in [1.54, 1.807) is 11.3 Å². The topological polar surface area (TPSA) is 26.3 Å². The molecule has 0 unspecified atom stereocenters. The first-order valence-corrected chi connectivity index (χ1v) is 6.40. The molecule has 1 heterocycles. The van der Waals surface area contributed by atoms with E-state index in [4.69, 9.17) is 4.74 Å². The maximum absolute atomic E-state index is 11.8. The van der Waals surface area contributed by atoms with Crippen molar-refractivity contribution < 1.29 is 9.53 Å². The van der Waals surface area contributed by atoms with Crippen molar-refractivity contribution in [1.82, 2.24) is 0 Å². The van der Waals surface area contributed by atoms with E-state index in [0.29, 0.717) is 0 Å². The van der Waals surface area contributed by atoms with E-state index >= 15 is 0 Å². The lowest BCUT2D eigenvalue weighted by atomic mass is 9.98. The summed E-state index contributed by atoms with van der Waals surface area (Å²) in [4.78, 5) is 12.8. The fourth-order valence-corrected chi connectivity index (χ4v) is 2.68. The Hall–Kier alpha value is -0.830. The smallest absolute Gasteiger partial charge is 0.339 e. The summed E-state index contributed by atoms with van der Waals surface area (Å²) in [6.07, 6.45) is 5.90. The van der Waals surface area contributed by atoms with Crippen LogP contribution in [0.25, 0.3) is 0 Å². The first-order valence-electron chi connectivity index (χ1n) is 5.52. The molecule has 0 N–H and O–H groups in total. The highest BCUT2D eigenvalue weighted by Gasteiger charge is 2.19. The van der Waals surface area contributed by atoms with Crippen molar-refractivity contribution >= 4 is 17.3 Å². The van der Waals surface area contributed by atoms with Gasteiger partial charge in [0.2, 0.25) is 0 Å². The van der Waals surface area contributed by atoms with Crippen molar-refractivity contribution in [2.75, 3.05) is 0 Å². The molecule has 1 aromatic heterocycles. The van der Waals surface area contributed by atoms with Crippen molar-refractivity contribution in [3.8, 4) is 0 Å². The SMILES string of the molecule is Cc1sccc1C(=O)OC1CCCCC1. The molecule has 2 nitrogen and oxygen atoms in total. The van der Waals surface area contributed by atoms with Gasteiger partial charge in [-0.1, -0.05) is 6.42 Å². The van der Waals surface area contributed by atoms with Crippen LogP contribution in [0.1, 0.15) is 47.3 Å². The van der Waals surface area contributed by atoms with Crippen molar-refractivity contribution in [2.24, 2.45) is 0 Å². The number of thiophene rings is 1. The molecule has 0 saturated heterocycles. The van der Waals surface area contributed by atoms with Crippen molar-refractivity contribution in [3.05, 3.63) is 21.9 Å². The van der Waals surface area contributed by atoms with Gasteiger partial charge in [-0.2, -0.15) is 0 Å². The molecule has 0 radical (unpaired) electrons. The highest BCUT2D eigenvalue weighted by molar-refractivity contribution is 7.10. The summed E-state index contributed by atoms with van der Waals surface area (Å²) in [5, 5.41) is 1.94. The number of esters is 1. The Kier molecular flexibility index (Phi) is 3.41. The molecule has 0 atom stereocenters. The van der Waals surface area contributed by atoms with E-state index < -0.39 is 0 Å². The zero-order valence-corrected chi connectivity index (χ0v) is 9.81. The lowest BCUT2D eigenvalue weighted by Crippen LogP contribution is -2.20. The molecule has 15 heavy (non-hydrogen) atoms. The average Bonchev–Trinajstić information content (AvgIpc) is 2.66. The Morgan fingerprint density at radius 1 is 1.40 bits per heavy atom. The number of carbonyl (C=O) groups is 1. The lowest BCUT2D eigenvalue weighted by molar-refractivity contribution is 0.0211. The third-order valence-electron chi connectivity index (χ3n) is 2.90. The van der Waals surface area contributed by atoms with Crippen LogP contribution >= 0.6 is 11.3 Å². The fourth-order valence-electron chi connectivity index (χ4n) is 1.99. The normalized spacial score (nSPS) is 17.7. The van der Waals surface area contributed by atoms with Gasteiger partial charge < -0.3 is 4.74 Å². The summed E-state index contributed by atoms with van der Waals surface area (Å²) in [5.41, 5.74) is 0.741. The number of ether oxygens (including phenoxy) is 1. The third kappa shape index (κ3) is 2.59. The first-order chi connectivity index (χ1) is 7.27. The highest BCUT2D eigenvalue weighted by Crippen LogP contribution is 2.23. The Morgan fingerprint density at radius 3 is 2.73 bits per heavy atom. The summed E-state index contributed by atoms with van der Waals surface area (Å²) in [6, 6.07) is 1.85. The molecule has 82 valence electrons.